The summed E-state index contributed by atoms with van der Waals surface area (Å²) in [6.07, 6.45) is 0. The molecule has 0 aliphatic heterocycles. The summed E-state index contributed by atoms with van der Waals surface area (Å²) in [6.45, 7) is 2.94. The van der Waals surface area contributed by atoms with Crippen LogP contribution >= 0.6 is 0 Å². The number of benzene rings is 2. The summed E-state index contributed by atoms with van der Waals surface area (Å²) < 4.78 is 18.8. The molecule has 0 aromatic heterocycles. The van der Waals surface area contributed by atoms with Gasteiger partial charge in [0.1, 0.15) is 17.1 Å². The first kappa shape index (κ1) is 14.7. The molecular formula is C16H13FO4. The Balaban J connectivity index is 2.53. The number of rotatable bonds is 3. The van der Waals surface area contributed by atoms with Gasteiger partial charge in [0.2, 0.25) is 0 Å². The van der Waals surface area contributed by atoms with Crippen LogP contribution in [0, 0.1) is 12.7 Å². The molecule has 21 heavy (non-hydrogen) atoms. The van der Waals surface area contributed by atoms with E-state index in [0.717, 1.165) is 5.56 Å². The smallest absolute Gasteiger partial charge is 0.339 e. The third-order valence-corrected chi connectivity index (χ3v) is 2.90. The second-order valence-electron chi connectivity index (χ2n) is 4.59. The molecule has 0 aliphatic carbocycles. The van der Waals surface area contributed by atoms with E-state index in [1.807, 2.05) is 0 Å². The van der Waals surface area contributed by atoms with Crippen molar-refractivity contribution in [1.29, 1.82) is 0 Å². The van der Waals surface area contributed by atoms with Gasteiger partial charge in [-0.3, -0.25) is 4.79 Å². The lowest BCUT2D eigenvalue weighted by molar-refractivity contribution is -0.131. The van der Waals surface area contributed by atoms with Crippen molar-refractivity contribution in [3.8, 4) is 16.9 Å². The van der Waals surface area contributed by atoms with Gasteiger partial charge in [0.25, 0.3) is 0 Å². The van der Waals surface area contributed by atoms with Gasteiger partial charge in [-0.05, 0) is 36.2 Å². The first-order chi connectivity index (χ1) is 9.88. The second-order valence-corrected chi connectivity index (χ2v) is 4.59. The third-order valence-electron chi connectivity index (χ3n) is 2.90. The molecule has 0 radical (unpaired) electrons. The van der Waals surface area contributed by atoms with Gasteiger partial charge < -0.3 is 9.84 Å². The highest BCUT2D eigenvalue weighted by Gasteiger charge is 2.16. The number of ether oxygens (including phenoxy) is 1. The lowest BCUT2D eigenvalue weighted by Crippen LogP contribution is -2.07. The van der Waals surface area contributed by atoms with Crippen molar-refractivity contribution >= 4 is 11.9 Å². The fourth-order valence-electron chi connectivity index (χ4n) is 1.96. The van der Waals surface area contributed by atoms with Crippen LogP contribution in [0.2, 0.25) is 0 Å². The van der Waals surface area contributed by atoms with E-state index < -0.39 is 17.8 Å². The van der Waals surface area contributed by atoms with E-state index in [0.29, 0.717) is 5.56 Å². The van der Waals surface area contributed by atoms with Crippen LogP contribution in [0.5, 0.6) is 5.75 Å². The van der Waals surface area contributed by atoms with Crippen molar-refractivity contribution in [3.05, 3.63) is 53.3 Å². The average Bonchev–Trinajstić information content (AvgIpc) is 2.38. The van der Waals surface area contributed by atoms with Crippen molar-refractivity contribution < 1.29 is 23.8 Å². The molecule has 0 spiro atoms. The standard InChI is InChI=1S/C16H13FO4/c1-9-3-5-12(14(17)7-9)11-4-6-15(21-10(2)18)13(8-11)16(19)20/h3-8H,1-2H3,(H,19,20). The quantitative estimate of drug-likeness (QED) is 0.694. The minimum absolute atomic E-state index is 0.0636. The topological polar surface area (TPSA) is 63.6 Å². The molecular weight excluding hydrogens is 275 g/mol. The molecule has 4 nitrogen and oxygen atoms in total. The summed E-state index contributed by atoms with van der Waals surface area (Å²) in [4.78, 5) is 22.2. The van der Waals surface area contributed by atoms with Crippen LogP contribution in [-0.4, -0.2) is 17.0 Å². The van der Waals surface area contributed by atoms with E-state index >= 15 is 0 Å². The second kappa shape index (κ2) is 5.75. The molecule has 0 saturated heterocycles. The Morgan fingerprint density at radius 3 is 2.43 bits per heavy atom. The maximum Gasteiger partial charge on any atom is 0.339 e. The highest BCUT2D eigenvalue weighted by molar-refractivity contribution is 5.93. The fraction of sp³-hybridized carbons (Fsp3) is 0.125. The summed E-state index contributed by atoms with van der Waals surface area (Å²) in [5.41, 5.74) is 1.27. The Morgan fingerprint density at radius 1 is 1.14 bits per heavy atom. The molecule has 0 saturated carbocycles. The summed E-state index contributed by atoms with van der Waals surface area (Å²) in [7, 11) is 0. The Morgan fingerprint density at radius 2 is 1.86 bits per heavy atom. The number of carboxylic acids is 1. The molecule has 5 heteroatoms. The van der Waals surface area contributed by atoms with Gasteiger partial charge in [0.05, 0.1) is 0 Å². The van der Waals surface area contributed by atoms with Crippen LogP contribution in [0.1, 0.15) is 22.8 Å². The molecule has 0 bridgehead atoms. The van der Waals surface area contributed by atoms with Gasteiger partial charge in [0, 0.05) is 12.5 Å². The predicted molar refractivity (Wildman–Crippen MR) is 74.8 cm³/mol. The van der Waals surface area contributed by atoms with Gasteiger partial charge in [-0.2, -0.15) is 0 Å². The van der Waals surface area contributed by atoms with Gasteiger partial charge >= 0.3 is 11.9 Å². The Hall–Kier alpha value is -2.69. The van der Waals surface area contributed by atoms with Crippen molar-refractivity contribution in [2.45, 2.75) is 13.8 Å². The van der Waals surface area contributed by atoms with Gasteiger partial charge in [-0.15, -0.1) is 0 Å². The number of carbonyl (C=O) groups is 2. The zero-order valence-electron chi connectivity index (χ0n) is 11.5. The van der Waals surface area contributed by atoms with E-state index in [2.05, 4.69) is 0 Å². The summed E-state index contributed by atoms with van der Waals surface area (Å²) >= 11 is 0. The van der Waals surface area contributed by atoms with E-state index in [-0.39, 0.29) is 16.9 Å². The fourth-order valence-corrected chi connectivity index (χ4v) is 1.96. The number of hydrogen-bond donors (Lipinski definition) is 1. The normalized spacial score (nSPS) is 10.2. The molecule has 0 aliphatic rings. The van der Waals surface area contributed by atoms with Crippen LogP contribution in [0.3, 0.4) is 0 Å². The molecule has 0 unspecified atom stereocenters. The summed E-state index contributed by atoms with van der Waals surface area (Å²) in [5, 5.41) is 9.18. The zero-order chi connectivity index (χ0) is 15.6. The zero-order valence-corrected chi connectivity index (χ0v) is 11.5. The molecule has 0 atom stereocenters. The van der Waals surface area contributed by atoms with Gasteiger partial charge in [0.15, 0.2) is 0 Å². The van der Waals surface area contributed by atoms with Gasteiger partial charge in [-0.25, -0.2) is 9.18 Å². The number of halogens is 1. The molecule has 1 N–H and O–H groups in total. The lowest BCUT2D eigenvalue weighted by Gasteiger charge is -2.09. The Bertz CT molecular complexity index is 722. The van der Waals surface area contributed by atoms with E-state index in [1.54, 1.807) is 19.1 Å². The Kier molecular flexibility index (Phi) is 4.03. The Labute approximate surface area is 120 Å². The average molecular weight is 288 g/mol. The highest BCUT2D eigenvalue weighted by Crippen LogP contribution is 2.29. The molecule has 0 fully saturated rings. The summed E-state index contributed by atoms with van der Waals surface area (Å²) in [5.74, 6) is -2.37. The van der Waals surface area contributed by atoms with Crippen molar-refractivity contribution in [3.63, 3.8) is 0 Å². The number of hydrogen-bond acceptors (Lipinski definition) is 3. The number of aryl methyl sites for hydroxylation is 1. The van der Waals surface area contributed by atoms with Crippen LogP contribution in [0.4, 0.5) is 4.39 Å². The number of carboxylic acid groups (broad SMARTS) is 1. The monoisotopic (exact) mass is 288 g/mol. The number of carbonyl (C=O) groups excluding carboxylic acids is 1. The predicted octanol–water partition coefficient (Wildman–Crippen LogP) is 3.42. The van der Waals surface area contributed by atoms with E-state index in [9.17, 15) is 19.1 Å². The third kappa shape index (κ3) is 3.25. The van der Waals surface area contributed by atoms with Crippen LogP contribution in [0.15, 0.2) is 36.4 Å². The first-order valence-corrected chi connectivity index (χ1v) is 6.21. The van der Waals surface area contributed by atoms with Crippen LogP contribution in [0.25, 0.3) is 11.1 Å². The number of esters is 1. The van der Waals surface area contributed by atoms with Crippen molar-refractivity contribution in [1.82, 2.24) is 0 Å². The van der Waals surface area contributed by atoms with Crippen LogP contribution < -0.4 is 4.74 Å². The molecule has 108 valence electrons. The maximum atomic E-state index is 13.9. The molecule has 0 amide bonds. The maximum absolute atomic E-state index is 13.9. The molecule has 2 rings (SSSR count). The molecule has 2 aromatic carbocycles. The minimum atomic E-state index is -1.25. The first-order valence-electron chi connectivity index (χ1n) is 6.21. The summed E-state index contributed by atoms with van der Waals surface area (Å²) in [6, 6.07) is 8.83. The van der Waals surface area contributed by atoms with E-state index in [4.69, 9.17) is 4.74 Å². The van der Waals surface area contributed by atoms with Gasteiger partial charge in [-0.1, -0.05) is 18.2 Å². The van der Waals surface area contributed by atoms with E-state index in [1.165, 1.54) is 31.2 Å². The number of aromatic carboxylic acids is 1. The highest BCUT2D eigenvalue weighted by atomic mass is 19.1. The van der Waals surface area contributed by atoms with Crippen LogP contribution in [-0.2, 0) is 4.79 Å². The lowest BCUT2D eigenvalue weighted by atomic mass is 10.0. The molecule has 0 heterocycles. The van der Waals surface area contributed by atoms with Crippen molar-refractivity contribution in [2.75, 3.05) is 0 Å². The largest absolute Gasteiger partial charge is 0.478 e. The van der Waals surface area contributed by atoms with Crippen molar-refractivity contribution in [2.24, 2.45) is 0 Å². The minimum Gasteiger partial charge on any atom is -0.478 e. The SMILES string of the molecule is CC(=O)Oc1ccc(-c2ccc(C)cc2F)cc1C(=O)O. The molecule has 2 aromatic rings.